The van der Waals surface area contributed by atoms with Gasteiger partial charge in [-0.2, -0.15) is 0 Å². The fourth-order valence-corrected chi connectivity index (χ4v) is 2.39. The number of nitrogens with one attached hydrogen (secondary N) is 1. The summed E-state index contributed by atoms with van der Waals surface area (Å²) in [4.78, 5) is 0. The maximum absolute atomic E-state index is 13.7. The molecule has 1 atom stereocenters. The molecule has 0 saturated heterocycles. The van der Waals surface area contributed by atoms with Crippen LogP contribution >= 0.6 is 15.9 Å². The predicted octanol–water partition coefficient (Wildman–Crippen LogP) is 5.43. The topological polar surface area (TPSA) is 12.0 Å². The van der Waals surface area contributed by atoms with E-state index in [2.05, 4.69) is 21.2 Å². The van der Waals surface area contributed by atoms with Crippen molar-refractivity contribution in [3.05, 3.63) is 63.9 Å². The Labute approximate surface area is 123 Å². The zero-order chi connectivity index (χ0) is 14.7. The van der Waals surface area contributed by atoms with Crippen LogP contribution in [0, 0.1) is 17.5 Å². The van der Waals surface area contributed by atoms with E-state index in [9.17, 15) is 13.2 Å². The van der Waals surface area contributed by atoms with Gasteiger partial charge in [0, 0.05) is 4.47 Å². The maximum atomic E-state index is 13.7. The van der Waals surface area contributed by atoms with Gasteiger partial charge in [0.05, 0.1) is 11.7 Å². The first-order chi connectivity index (χ1) is 9.52. The summed E-state index contributed by atoms with van der Waals surface area (Å²) >= 11 is 3.37. The molecule has 1 unspecified atom stereocenters. The van der Waals surface area contributed by atoms with Crippen molar-refractivity contribution in [1.82, 2.24) is 0 Å². The van der Waals surface area contributed by atoms with E-state index in [1.54, 1.807) is 0 Å². The molecule has 0 aliphatic rings. The summed E-state index contributed by atoms with van der Waals surface area (Å²) in [6.45, 7) is 1.93. The molecular weight excluding hydrogens is 331 g/mol. The molecule has 2 rings (SSSR count). The summed E-state index contributed by atoms with van der Waals surface area (Å²) in [6, 6.07) is 9.47. The summed E-state index contributed by atoms with van der Waals surface area (Å²) in [7, 11) is 0. The molecule has 5 heteroatoms. The van der Waals surface area contributed by atoms with Crippen molar-refractivity contribution in [2.24, 2.45) is 0 Å². The third kappa shape index (κ3) is 3.15. The molecule has 1 N–H and O–H groups in total. The minimum Gasteiger partial charge on any atom is -0.376 e. The van der Waals surface area contributed by atoms with Crippen LogP contribution in [0.5, 0.6) is 0 Å². The van der Waals surface area contributed by atoms with E-state index in [1.165, 1.54) is 6.07 Å². The van der Waals surface area contributed by atoms with E-state index in [0.717, 1.165) is 16.1 Å². The highest BCUT2D eigenvalue weighted by Crippen LogP contribution is 2.27. The van der Waals surface area contributed by atoms with Gasteiger partial charge < -0.3 is 5.32 Å². The van der Waals surface area contributed by atoms with E-state index in [-0.39, 0.29) is 11.7 Å². The minimum absolute atomic E-state index is 0.0456. The third-order valence-electron chi connectivity index (χ3n) is 3.02. The number of hydrogen-bond donors (Lipinski definition) is 1. The average molecular weight is 344 g/mol. The predicted molar refractivity (Wildman–Crippen MR) is 77.1 cm³/mol. The van der Waals surface area contributed by atoms with E-state index < -0.39 is 17.5 Å². The molecule has 1 nitrogen and oxygen atoms in total. The van der Waals surface area contributed by atoms with Crippen molar-refractivity contribution in [1.29, 1.82) is 0 Å². The summed E-state index contributed by atoms with van der Waals surface area (Å²) < 4.78 is 40.7. The van der Waals surface area contributed by atoms with Crippen molar-refractivity contribution in [2.75, 3.05) is 5.32 Å². The van der Waals surface area contributed by atoms with E-state index in [1.807, 2.05) is 31.2 Å². The molecule has 0 aliphatic carbocycles. The maximum Gasteiger partial charge on any atom is 0.196 e. The Bertz CT molecular complexity index is 616. The second-order valence-corrected chi connectivity index (χ2v) is 5.30. The SMILES string of the molecule is CCC(Nc1ccc(F)c(F)c1F)c1cccc(Br)c1. The van der Waals surface area contributed by atoms with Crippen molar-refractivity contribution in [2.45, 2.75) is 19.4 Å². The summed E-state index contributed by atoms with van der Waals surface area (Å²) in [5.74, 6) is -3.85. The second kappa shape index (κ2) is 6.31. The molecule has 0 heterocycles. The fraction of sp³-hybridized carbons (Fsp3) is 0.200. The number of hydrogen-bond acceptors (Lipinski definition) is 1. The van der Waals surface area contributed by atoms with Crippen molar-refractivity contribution in [3.63, 3.8) is 0 Å². The van der Waals surface area contributed by atoms with Crippen LogP contribution in [0.3, 0.4) is 0 Å². The highest BCUT2D eigenvalue weighted by atomic mass is 79.9. The standard InChI is InChI=1S/C15H13BrF3N/c1-2-12(9-4-3-5-10(16)8-9)20-13-7-6-11(17)14(18)15(13)19/h3-8,12,20H,2H2,1H3. The second-order valence-electron chi connectivity index (χ2n) is 4.38. The van der Waals surface area contributed by atoms with E-state index in [4.69, 9.17) is 0 Å². The molecule has 2 aromatic rings. The summed E-state index contributed by atoms with van der Waals surface area (Å²) in [6.07, 6.45) is 0.675. The number of benzene rings is 2. The minimum atomic E-state index is -1.46. The average Bonchev–Trinajstić information content (AvgIpc) is 2.44. The van der Waals surface area contributed by atoms with Crippen molar-refractivity contribution >= 4 is 21.6 Å². The lowest BCUT2D eigenvalue weighted by atomic mass is 10.0. The molecular formula is C15H13BrF3N. The molecule has 0 aliphatic heterocycles. The monoisotopic (exact) mass is 343 g/mol. The molecule has 0 spiro atoms. The number of rotatable bonds is 4. The molecule has 0 aromatic heterocycles. The van der Waals surface area contributed by atoms with Crippen molar-refractivity contribution in [3.8, 4) is 0 Å². The van der Waals surface area contributed by atoms with Gasteiger partial charge in [-0.05, 0) is 36.2 Å². The van der Waals surface area contributed by atoms with Crippen LogP contribution < -0.4 is 5.32 Å². The van der Waals surface area contributed by atoms with Gasteiger partial charge in [0.15, 0.2) is 17.5 Å². The summed E-state index contributed by atoms with van der Waals surface area (Å²) in [5, 5.41) is 2.91. The molecule has 0 amide bonds. The Kier molecular flexibility index (Phi) is 4.70. The number of anilines is 1. The molecule has 0 saturated carbocycles. The summed E-state index contributed by atoms with van der Waals surface area (Å²) in [5.41, 5.74) is 0.890. The zero-order valence-electron chi connectivity index (χ0n) is 10.8. The normalized spacial score (nSPS) is 12.2. The van der Waals surface area contributed by atoms with Crippen LogP contribution in [0.1, 0.15) is 24.9 Å². The quantitative estimate of drug-likeness (QED) is 0.730. The Hall–Kier alpha value is -1.49. The molecule has 0 bridgehead atoms. The molecule has 20 heavy (non-hydrogen) atoms. The lowest BCUT2D eigenvalue weighted by molar-refractivity contribution is 0.448. The van der Waals surface area contributed by atoms with Gasteiger partial charge >= 0.3 is 0 Å². The van der Waals surface area contributed by atoms with Gasteiger partial charge in [0.25, 0.3) is 0 Å². The van der Waals surface area contributed by atoms with Gasteiger partial charge in [-0.15, -0.1) is 0 Å². The van der Waals surface area contributed by atoms with Crippen LogP contribution in [0.4, 0.5) is 18.9 Å². The first-order valence-corrected chi connectivity index (χ1v) is 6.97. The Morgan fingerprint density at radius 3 is 2.50 bits per heavy atom. The zero-order valence-corrected chi connectivity index (χ0v) is 12.3. The van der Waals surface area contributed by atoms with Crippen LogP contribution in [0.2, 0.25) is 0 Å². The van der Waals surface area contributed by atoms with Crippen molar-refractivity contribution < 1.29 is 13.2 Å². The van der Waals surface area contributed by atoms with Crippen LogP contribution in [0.15, 0.2) is 40.9 Å². The highest BCUT2D eigenvalue weighted by molar-refractivity contribution is 9.10. The first kappa shape index (κ1) is 14.9. The smallest absolute Gasteiger partial charge is 0.196 e. The first-order valence-electron chi connectivity index (χ1n) is 6.18. The van der Waals surface area contributed by atoms with E-state index in [0.29, 0.717) is 6.42 Å². The lowest BCUT2D eigenvalue weighted by Gasteiger charge is -2.19. The fourth-order valence-electron chi connectivity index (χ4n) is 1.97. The largest absolute Gasteiger partial charge is 0.376 e. The van der Waals surface area contributed by atoms with Crippen LogP contribution in [0.25, 0.3) is 0 Å². The van der Waals surface area contributed by atoms with E-state index >= 15 is 0 Å². The highest BCUT2D eigenvalue weighted by Gasteiger charge is 2.16. The van der Waals surface area contributed by atoms with Gasteiger partial charge in [0.2, 0.25) is 0 Å². The molecule has 0 radical (unpaired) electrons. The Morgan fingerprint density at radius 2 is 1.85 bits per heavy atom. The number of halogens is 4. The third-order valence-corrected chi connectivity index (χ3v) is 3.52. The van der Waals surface area contributed by atoms with Gasteiger partial charge in [-0.1, -0.05) is 35.0 Å². The van der Waals surface area contributed by atoms with Crippen LogP contribution in [-0.4, -0.2) is 0 Å². The Balaban J connectivity index is 2.29. The molecule has 0 fully saturated rings. The van der Waals surface area contributed by atoms with Crippen LogP contribution in [-0.2, 0) is 0 Å². The Morgan fingerprint density at radius 1 is 1.10 bits per heavy atom. The molecule has 106 valence electrons. The van der Waals surface area contributed by atoms with Gasteiger partial charge in [-0.3, -0.25) is 0 Å². The lowest BCUT2D eigenvalue weighted by Crippen LogP contribution is -2.11. The van der Waals surface area contributed by atoms with Gasteiger partial charge in [0.1, 0.15) is 0 Å². The van der Waals surface area contributed by atoms with Gasteiger partial charge in [-0.25, -0.2) is 13.2 Å². The molecule has 2 aromatic carbocycles.